The Morgan fingerprint density at radius 3 is 2.93 bits per heavy atom. The van der Waals surface area contributed by atoms with Crippen molar-refractivity contribution in [3.8, 4) is 0 Å². The first kappa shape index (κ1) is 9.38. The number of aromatic nitrogens is 2. The molecular formula is C8H6IN3O2. The Bertz CT molecular complexity index is 521. The largest absolute Gasteiger partial charge is 0.271 e. The first-order valence-electron chi connectivity index (χ1n) is 3.88. The van der Waals surface area contributed by atoms with Gasteiger partial charge >= 0.3 is 0 Å². The van der Waals surface area contributed by atoms with Gasteiger partial charge in [-0.05, 0) is 35.1 Å². The third kappa shape index (κ3) is 1.35. The van der Waals surface area contributed by atoms with E-state index in [1.807, 2.05) is 6.92 Å². The highest BCUT2D eigenvalue weighted by Gasteiger charge is 2.12. The minimum absolute atomic E-state index is 0.0814. The predicted octanol–water partition coefficient (Wildman–Crippen LogP) is 2.38. The monoisotopic (exact) mass is 303 g/mol. The molecule has 0 fully saturated rings. The van der Waals surface area contributed by atoms with Gasteiger partial charge in [0, 0.05) is 17.5 Å². The first-order chi connectivity index (χ1) is 6.59. The van der Waals surface area contributed by atoms with Crippen LogP contribution in [0.5, 0.6) is 0 Å². The Morgan fingerprint density at radius 1 is 1.57 bits per heavy atom. The average molecular weight is 303 g/mol. The molecule has 2 rings (SSSR count). The van der Waals surface area contributed by atoms with Gasteiger partial charge in [-0.3, -0.25) is 15.2 Å². The van der Waals surface area contributed by atoms with Gasteiger partial charge in [0.2, 0.25) is 0 Å². The summed E-state index contributed by atoms with van der Waals surface area (Å²) in [5, 5.41) is 18.3. The summed E-state index contributed by atoms with van der Waals surface area (Å²) in [7, 11) is 0. The smallest absolute Gasteiger partial charge is 0.271 e. The summed E-state index contributed by atoms with van der Waals surface area (Å²) in [6.45, 7) is 1.84. The van der Waals surface area contributed by atoms with Gasteiger partial charge in [0.25, 0.3) is 5.69 Å². The molecule has 0 aliphatic heterocycles. The number of halogens is 1. The number of hydrogen-bond acceptors (Lipinski definition) is 3. The van der Waals surface area contributed by atoms with E-state index in [9.17, 15) is 10.1 Å². The molecule has 5 nitrogen and oxygen atoms in total. The summed E-state index contributed by atoms with van der Waals surface area (Å²) < 4.78 is 0.907. The average Bonchev–Trinajstić information content (AvgIpc) is 2.48. The number of nitro groups is 1. The van der Waals surface area contributed by atoms with E-state index < -0.39 is 4.92 Å². The minimum atomic E-state index is -0.409. The van der Waals surface area contributed by atoms with Crippen molar-refractivity contribution in [2.75, 3.05) is 0 Å². The number of nitrogens with zero attached hydrogens (tertiary/aromatic N) is 2. The van der Waals surface area contributed by atoms with Crippen LogP contribution in [0.2, 0.25) is 0 Å². The fraction of sp³-hybridized carbons (Fsp3) is 0.125. The molecule has 0 atom stereocenters. The number of hydrogen-bond donors (Lipinski definition) is 1. The molecule has 1 heterocycles. The molecule has 0 radical (unpaired) electrons. The lowest BCUT2D eigenvalue weighted by Gasteiger charge is -1.96. The molecule has 0 bridgehead atoms. The summed E-state index contributed by atoms with van der Waals surface area (Å²) in [5.74, 6) is 0. The number of H-pyrrole nitrogens is 1. The molecule has 0 aliphatic carbocycles. The number of benzene rings is 1. The molecule has 0 aliphatic rings. The number of fused-ring (bicyclic) bond motifs is 1. The van der Waals surface area contributed by atoms with E-state index in [1.54, 1.807) is 6.07 Å². The molecule has 14 heavy (non-hydrogen) atoms. The standard InChI is InChI=1S/C8H6IN3O2/c1-4-2-5(12(13)14)3-6-7(4)8(9)11-10-6/h2-3H,1H3,(H,10,11). The number of nitrogens with one attached hydrogen (secondary N) is 1. The Hall–Kier alpha value is -1.18. The van der Waals surface area contributed by atoms with Gasteiger partial charge in [-0.2, -0.15) is 5.10 Å². The molecular weight excluding hydrogens is 297 g/mol. The molecule has 1 aromatic carbocycles. The van der Waals surface area contributed by atoms with Crippen molar-refractivity contribution in [1.82, 2.24) is 10.2 Å². The second-order valence-corrected chi connectivity index (χ2v) is 4.03. The molecule has 1 aromatic heterocycles. The number of nitro benzene ring substituents is 1. The van der Waals surface area contributed by atoms with Gasteiger partial charge in [-0.15, -0.1) is 0 Å². The van der Waals surface area contributed by atoms with Crippen LogP contribution < -0.4 is 0 Å². The lowest BCUT2D eigenvalue weighted by Crippen LogP contribution is -1.89. The topological polar surface area (TPSA) is 71.8 Å². The maximum Gasteiger partial charge on any atom is 0.271 e. The van der Waals surface area contributed by atoms with Crippen molar-refractivity contribution < 1.29 is 4.92 Å². The third-order valence-electron chi connectivity index (χ3n) is 2.00. The van der Waals surface area contributed by atoms with Crippen molar-refractivity contribution in [2.24, 2.45) is 0 Å². The molecule has 0 unspecified atom stereocenters. The quantitative estimate of drug-likeness (QED) is 0.499. The number of rotatable bonds is 1. The van der Waals surface area contributed by atoms with E-state index in [0.29, 0.717) is 5.52 Å². The van der Waals surface area contributed by atoms with Crippen molar-refractivity contribution in [2.45, 2.75) is 6.92 Å². The third-order valence-corrected chi connectivity index (χ3v) is 2.78. The van der Waals surface area contributed by atoms with Crippen LogP contribution in [0.15, 0.2) is 12.1 Å². The number of aryl methyl sites for hydroxylation is 1. The van der Waals surface area contributed by atoms with Gasteiger partial charge in [0.05, 0.1) is 4.92 Å². The van der Waals surface area contributed by atoms with Crippen molar-refractivity contribution in [3.05, 3.63) is 31.5 Å². The van der Waals surface area contributed by atoms with Crippen LogP contribution in [0.25, 0.3) is 10.9 Å². The van der Waals surface area contributed by atoms with Gasteiger partial charge in [0.15, 0.2) is 0 Å². The zero-order valence-electron chi connectivity index (χ0n) is 7.24. The molecule has 0 amide bonds. The van der Waals surface area contributed by atoms with E-state index in [4.69, 9.17) is 0 Å². The molecule has 2 aromatic rings. The van der Waals surface area contributed by atoms with Crippen LogP contribution in [0.3, 0.4) is 0 Å². The van der Waals surface area contributed by atoms with Crippen LogP contribution in [0.4, 0.5) is 5.69 Å². The Balaban J connectivity index is 2.80. The van der Waals surface area contributed by atoms with Crippen LogP contribution in [0, 0.1) is 20.7 Å². The van der Waals surface area contributed by atoms with Crippen LogP contribution in [-0.2, 0) is 0 Å². The predicted molar refractivity (Wildman–Crippen MR) is 60.2 cm³/mol. The van der Waals surface area contributed by atoms with Crippen molar-refractivity contribution >= 4 is 39.2 Å². The van der Waals surface area contributed by atoms with Crippen LogP contribution in [0.1, 0.15) is 5.56 Å². The van der Waals surface area contributed by atoms with Crippen LogP contribution >= 0.6 is 22.6 Å². The van der Waals surface area contributed by atoms with Gasteiger partial charge in [-0.25, -0.2) is 0 Å². The summed E-state index contributed by atoms with van der Waals surface area (Å²) in [4.78, 5) is 10.2. The number of aromatic amines is 1. The summed E-state index contributed by atoms with van der Waals surface area (Å²) >= 11 is 2.12. The van der Waals surface area contributed by atoms with E-state index in [-0.39, 0.29) is 5.69 Å². The summed E-state index contributed by atoms with van der Waals surface area (Å²) in [6, 6.07) is 3.03. The molecule has 6 heteroatoms. The zero-order chi connectivity index (χ0) is 10.3. The Morgan fingerprint density at radius 2 is 2.29 bits per heavy atom. The summed E-state index contributed by atoms with van der Waals surface area (Å²) in [5.41, 5.74) is 1.59. The van der Waals surface area contributed by atoms with E-state index >= 15 is 0 Å². The first-order valence-corrected chi connectivity index (χ1v) is 4.96. The zero-order valence-corrected chi connectivity index (χ0v) is 9.40. The second kappa shape index (κ2) is 3.19. The fourth-order valence-corrected chi connectivity index (χ4v) is 2.22. The fourth-order valence-electron chi connectivity index (χ4n) is 1.39. The Labute approximate surface area is 92.8 Å². The van der Waals surface area contributed by atoms with E-state index in [2.05, 4.69) is 32.8 Å². The van der Waals surface area contributed by atoms with E-state index in [0.717, 1.165) is 14.7 Å². The SMILES string of the molecule is Cc1cc([N+](=O)[O-])cc2n[nH]c(I)c12. The van der Waals surface area contributed by atoms with Gasteiger partial charge in [-0.1, -0.05) is 0 Å². The second-order valence-electron chi connectivity index (χ2n) is 2.95. The molecule has 0 saturated carbocycles. The van der Waals surface area contributed by atoms with Crippen molar-refractivity contribution in [1.29, 1.82) is 0 Å². The molecule has 72 valence electrons. The normalized spacial score (nSPS) is 10.7. The maximum atomic E-state index is 10.6. The van der Waals surface area contributed by atoms with Gasteiger partial charge < -0.3 is 0 Å². The highest BCUT2D eigenvalue weighted by atomic mass is 127. The summed E-state index contributed by atoms with van der Waals surface area (Å²) in [6.07, 6.45) is 0. The highest BCUT2D eigenvalue weighted by Crippen LogP contribution is 2.26. The molecule has 1 N–H and O–H groups in total. The lowest BCUT2D eigenvalue weighted by molar-refractivity contribution is -0.384. The van der Waals surface area contributed by atoms with E-state index in [1.165, 1.54) is 6.07 Å². The highest BCUT2D eigenvalue weighted by molar-refractivity contribution is 14.1. The molecule has 0 saturated heterocycles. The van der Waals surface area contributed by atoms with Crippen molar-refractivity contribution in [3.63, 3.8) is 0 Å². The minimum Gasteiger partial charge on any atom is -0.271 e. The van der Waals surface area contributed by atoms with Gasteiger partial charge in [0.1, 0.15) is 9.22 Å². The number of non-ortho nitro benzene ring substituents is 1. The Kier molecular flexibility index (Phi) is 2.14. The molecule has 0 spiro atoms. The van der Waals surface area contributed by atoms with Crippen LogP contribution in [-0.4, -0.2) is 15.1 Å². The maximum absolute atomic E-state index is 10.6. The lowest BCUT2D eigenvalue weighted by atomic mass is 10.1.